The summed E-state index contributed by atoms with van der Waals surface area (Å²) in [5, 5.41) is 2.65. The number of benzene rings is 1. The molecule has 0 saturated carbocycles. The molecule has 2 rings (SSSR count). The third kappa shape index (κ3) is 3.07. The van der Waals surface area contributed by atoms with Gasteiger partial charge in [-0.15, -0.1) is 0 Å². The monoisotopic (exact) mass is 380 g/mol. The Morgan fingerprint density at radius 2 is 1.74 bits per heavy atom. The van der Waals surface area contributed by atoms with E-state index in [1.54, 1.807) is 0 Å². The number of anilines is 3. The molecule has 19 heavy (non-hydrogen) atoms. The summed E-state index contributed by atoms with van der Waals surface area (Å²) >= 11 is 1.88. The Morgan fingerprint density at radius 1 is 1.05 bits per heavy atom. The van der Waals surface area contributed by atoms with Gasteiger partial charge >= 0.3 is 0 Å². The van der Waals surface area contributed by atoms with Crippen molar-refractivity contribution in [1.29, 1.82) is 0 Å². The molecule has 4 nitrogen and oxygen atoms in total. The Balaban J connectivity index is 2.37. The second-order valence-electron chi connectivity index (χ2n) is 3.54. The highest BCUT2D eigenvalue weighted by molar-refractivity contribution is 14.1. The first-order valence-electron chi connectivity index (χ1n) is 5.06. The molecule has 0 bridgehead atoms. The van der Waals surface area contributed by atoms with E-state index in [1.165, 1.54) is 18.2 Å². The Kier molecular flexibility index (Phi) is 4.10. The number of nitrogens with zero attached hydrogens (tertiary/aromatic N) is 1. The van der Waals surface area contributed by atoms with Gasteiger partial charge in [-0.25, -0.2) is 24.0 Å². The highest BCUT2D eigenvalue weighted by Gasteiger charge is 2.12. The van der Waals surface area contributed by atoms with E-state index in [-0.39, 0.29) is 11.6 Å². The largest absolute Gasteiger partial charge is 0.337 e. The second-order valence-corrected chi connectivity index (χ2v) is 4.70. The van der Waals surface area contributed by atoms with Crippen LogP contribution in [-0.4, -0.2) is 4.98 Å². The van der Waals surface area contributed by atoms with Gasteiger partial charge in [0.15, 0.2) is 23.3 Å². The van der Waals surface area contributed by atoms with Crippen LogP contribution in [0.4, 0.5) is 30.5 Å². The molecule has 100 valence electrons. The lowest BCUT2D eigenvalue weighted by Gasteiger charge is -2.10. The molecule has 4 N–H and O–H groups in total. The summed E-state index contributed by atoms with van der Waals surface area (Å²) in [4.78, 5) is 3.65. The molecule has 0 spiro atoms. The molecule has 8 heteroatoms. The van der Waals surface area contributed by atoms with Crippen molar-refractivity contribution in [3.05, 3.63) is 45.3 Å². The molecule has 0 saturated heterocycles. The minimum atomic E-state index is -0.903. The van der Waals surface area contributed by atoms with Gasteiger partial charge in [0.1, 0.15) is 5.82 Å². The van der Waals surface area contributed by atoms with Gasteiger partial charge in [-0.1, -0.05) is 0 Å². The zero-order valence-corrected chi connectivity index (χ0v) is 11.5. The van der Waals surface area contributed by atoms with Crippen LogP contribution < -0.4 is 16.6 Å². The summed E-state index contributed by atoms with van der Waals surface area (Å²) in [5.74, 6) is 2.37. The maximum absolute atomic E-state index is 13.6. The van der Waals surface area contributed by atoms with Crippen LogP contribution in [0.25, 0.3) is 0 Å². The fourth-order valence-electron chi connectivity index (χ4n) is 1.37. The van der Waals surface area contributed by atoms with Gasteiger partial charge in [0.05, 0.1) is 5.69 Å². The maximum Gasteiger partial charge on any atom is 0.178 e. The molecule has 0 unspecified atom stereocenters. The first-order chi connectivity index (χ1) is 9.01. The van der Waals surface area contributed by atoms with Gasteiger partial charge in [-0.2, -0.15) is 0 Å². The fourth-order valence-corrected chi connectivity index (χ4v) is 1.99. The quantitative estimate of drug-likeness (QED) is 0.435. The van der Waals surface area contributed by atoms with E-state index < -0.39 is 17.5 Å². The normalized spacial score (nSPS) is 10.4. The van der Waals surface area contributed by atoms with Crippen molar-refractivity contribution in [2.24, 2.45) is 5.84 Å². The van der Waals surface area contributed by atoms with Crippen LogP contribution in [0, 0.1) is 21.0 Å². The average Bonchev–Trinajstić information content (AvgIpc) is 2.35. The van der Waals surface area contributed by atoms with Crippen molar-refractivity contribution >= 4 is 39.9 Å². The van der Waals surface area contributed by atoms with Crippen molar-refractivity contribution in [3.8, 4) is 0 Å². The summed E-state index contributed by atoms with van der Waals surface area (Å²) in [6.07, 6.45) is 0. The highest BCUT2D eigenvalue weighted by atomic mass is 127. The maximum atomic E-state index is 13.6. The molecule has 0 amide bonds. The standard InChI is InChI=1S/C11H8F3IN4/c12-5-1-2-9(8(15)3-5)17-10-6(13)4-7(14)11(18-10)19-16/h1-4H,16H2,(H2,17,18,19). The van der Waals surface area contributed by atoms with Gasteiger partial charge in [0, 0.05) is 9.64 Å². The van der Waals surface area contributed by atoms with Crippen molar-refractivity contribution in [2.45, 2.75) is 0 Å². The second kappa shape index (κ2) is 5.61. The van der Waals surface area contributed by atoms with Crippen LogP contribution in [0.3, 0.4) is 0 Å². The van der Waals surface area contributed by atoms with Crippen molar-refractivity contribution < 1.29 is 13.2 Å². The van der Waals surface area contributed by atoms with E-state index in [2.05, 4.69) is 10.3 Å². The SMILES string of the molecule is NNc1nc(Nc2ccc(F)cc2I)c(F)cc1F. The van der Waals surface area contributed by atoms with Crippen molar-refractivity contribution in [3.63, 3.8) is 0 Å². The minimum Gasteiger partial charge on any atom is -0.337 e. The summed E-state index contributed by atoms with van der Waals surface area (Å²) in [7, 11) is 0. The van der Waals surface area contributed by atoms with E-state index in [4.69, 9.17) is 5.84 Å². The van der Waals surface area contributed by atoms with Crippen LogP contribution in [0.1, 0.15) is 0 Å². The molecule has 0 fully saturated rings. The van der Waals surface area contributed by atoms with Gasteiger partial charge in [-0.05, 0) is 40.8 Å². The average molecular weight is 380 g/mol. The highest BCUT2D eigenvalue weighted by Crippen LogP contribution is 2.25. The smallest absolute Gasteiger partial charge is 0.178 e. The number of hydrogen-bond acceptors (Lipinski definition) is 4. The Bertz CT molecular complexity index is 621. The number of nitrogens with two attached hydrogens (primary N) is 1. The lowest BCUT2D eigenvalue weighted by molar-refractivity contribution is 0.579. The number of nitrogen functional groups attached to an aromatic ring is 1. The van der Waals surface area contributed by atoms with Crippen LogP contribution in [0.2, 0.25) is 0 Å². The lowest BCUT2D eigenvalue weighted by Crippen LogP contribution is -2.12. The molecule has 0 aliphatic rings. The zero-order valence-electron chi connectivity index (χ0n) is 9.35. The Morgan fingerprint density at radius 3 is 2.37 bits per heavy atom. The third-order valence-corrected chi connectivity index (χ3v) is 3.14. The van der Waals surface area contributed by atoms with E-state index >= 15 is 0 Å². The predicted octanol–water partition coefficient (Wildman–Crippen LogP) is 3.13. The minimum absolute atomic E-state index is 0.209. The van der Waals surface area contributed by atoms with Crippen LogP contribution in [-0.2, 0) is 0 Å². The van der Waals surface area contributed by atoms with Gasteiger partial charge in [0.25, 0.3) is 0 Å². The van der Waals surface area contributed by atoms with Gasteiger partial charge in [-0.3, -0.25) is 0 Å². The molecule has 1 aromatic heterocycles. The molecule has 0 radical (unpaired) electrons. The molecular weight excluding hydrogens is 372 g/mol. The van der Waals surface area contributed by atoms with E-state index in [0.29, 0.717) is 15.3 Å². The topological polar surface area (TPSA) is 63.0 Å². The molecule has 2 aromatic rings. The molecule has 0 aliphatic carbocycles. The summed E-state index contributed by atoms with van der Waals surface area (Å²) in [5.41, 5.74) is 2.46. The van der Waals surface area contributed by atoms with E-state index in [0.717, 1.165) is 0 Å². The number of halogens is 4. The predicted molar refractivity (Wildman–Crippen MR) is 74.4 cm³/mol. The number of rotatable bonds is 3. The van der Waals surface area contributed by atoms with Crippen LogP contribution in [0.5, 0.6) is 0 Å². The Hall–Kier alpha value is -1.55. The van der Waals surface area contributed by atoms with Crippen LogP contribution >= 0.6 is 22.6 Å². The summed E-state index contributed by atoms with van der Waals surface area (Å²) < 4.78 is 40.2. The number of hydrogen-bond donors (Lipinski definition) is 3. The zero-order chi connectivity index (χ0) is 14.0. The summed E-state index contributed by atoms with van der Waals surface area (Å²) in [6, 6.07) is 4.57. The summed E-state index contributed by atoms with van der Waals surface area (Å²) in [6.45, 7) is 0. The molecule has 1 heterocycles. The Labute approximate surface area is 120 Å². The number of aromatic nitrogens is 1. The van der Waals surface area contributed by atoms with E-state index in [1.807, 2.05) is 28.0 Å². The number of nitrogens with one attached hydrogen (secondary N) is 2. The molecule has 1 aromatic carbocycles. The van der Waals surface area contributed by atoms with Gasteiger partial charge < -0.3 is 10.7 Å². The van der Waals surface area contributed by atoms with Crippen LogP contribution in [0.15, 0.2) is 24.3 Å². The molecule has 0 aliphatic heterocycles. The number of pyridine rings is 1. The third-order valence-electron chi connectivity index (χ3n) is 2.25. The number of hydrazine groups is 1. The lowest BCUT2D eigenvalue weighted by atomic mass is 10.3. The van der Waals surface area contributed by atoms with E-state index in [9.17, 15) is 13.2 Å². The van der Waals surface area contributed by atoms with Crippen molar-refractivity contribution in [1.82, 2.24) is 4.98 Å². The van der Waals surface area contributed by atoms with Gasteiger partial charge in [0.2, 0.25) is 0 Å². The first-order valence-corrected chi connectivity index (χ1v) is 6.14. The molecular formula is C11H8F3IN4. The molecule has 0 atom stereocenters. The first kappa shape index (κ1) is 13.9. The fraction of sp³-hybridized carbons (Fsp3) is 0. The van der Waals surface area contributed by atoms with Crippen molar-refractivity contribution in [2.75, 3.05) is 10.7 Å².